The number of carboxylic acid groups (broad SMARTS) is 1. The molecule has 1 saturated heterocycles. The summed E-state index contributed by atoms with van der Waals surface area (Å²) < 4.78 is 5.01. The molecule has 112 valence electrons. The summed E-state index contributed by atoms with van der Waals surface area (Å²) in [5.74, 6) is -0.252. The largest absolute Gasteiger partial charge is 0.465 e. The molecule has 0 atom stereocenters. The molecular formula is C15H18N2O4. The average Bonchev–Trinajstić information content (AvgIpc) is 2.87. The fourth-order valence-electron chi connectivity index (χ4n) is 2.98. The van der Waals surface area contributed by atoms with Crippen molar-refractivity contribution in [1.29, 1.82) is 0 Å². The van der Waals surface area contributed by atoms with Gasteiger partial charge in [0.25, 0.3) is 0 Å². The first-order valence-corrected chi connectivity index (χ1v) is 7.07. The Hall–Kier alpha value is -2.24. The predicted molar refractivity (Wildman–Crippen MR) is 76.6 cm³/mol. The Bertz CT molecular complexity index is 579. The second-order valence-electron chi connectivity index (χ2n) is 5.53. The molecule has 0 saturated carbocycles. The molecule has 0 radical (unpaired) electrons. The van der Waals surface area contributed by atoms with Gasteiger partial charge < -0.3 is 19.6 Å². The van der Waals surface area contributed by atoms with Crippen molar-refractivity contribution >= 4 is 17.7 Å². The van der Waals surface area contributed by atoms with Crippen molar-refractivity contribution in [3.05, 3.63) is 29.3 Å². The maximum atomic E-state index is 11.4. The highest BCUT2D eigenvalue weighted by molar-refractivity contribution is 5.93. The van der Waals surface area contributed by atoms with Gasteiger partial charge in [-0.2, -0.15) is 0 Å². The van der Waals surface area contributed by atoms with Crippen LogP contribution in [-0.2, 0) is 11.3 Å². The third-order valence-electron chi connectivity index (χ3n) is 4.35. The fourth-order valence-corrected chi connectivity index (χ4v) is 2.98. The Balaban J connectivity index is 1.68. The van der Waals surface area contributed by atoms with E-state index in [-0.39, 0.29) is 12.0 Å². The number of hydrogen-bond donors (Lipinski definition) is 1. The van der Waals surface area contributed by atoms with E-state index in [4.69, 9.17) is 9.84 Å². The first kappa shape index (κ1) is 13.7. The van der Waals surface area contributed by atoms with Crippen LogP contribution in [0, 0.1) is 0 Å². The zero-order valence-corrected chi connectivity index (χ0v) is 11.9. The molecule has 0 bridgehead atoms. The van der Waals surface area contributed by atoms with Gasteiger partial charge in [0.15, 0.2) is 0 Å². The van der Waals surface area contributed by atoms with Crippen LogP contribution < -0.4 is 4.90 Å². The number of ether oxygens (including phenoxy) is 1. The first-order chi connectivity index (χ1) is 10.1. The summed E-state index contributed by atoms with van der Waals surface area (Å²) in [6.45, 7) is 1.98. The van der Waals surface area contributed by atoms with Gasteiger partial charge in [0.2, 0.25) is 0 Å². The first-order valence-electron chi connectivity index (χ1n) is 7.07. The van der Waals surface area contributed by atoms with Crippen LogP contribution >= 0.6 is 0 Å². The molecule has 0 aromatic heterocycles. The molecule has 1 aromatic rings. The molecule has 21 heavy (non-hydrogen) atoms. The fraction of sp³-hybridized carbons (Fsp3) is 0.467. The minimum Gasteiger partial charge on any atom is -0.465 e. The summed E-state index contributed by atoms with van der Waals surface area (Å²) in [7, 11) is 1.63. The number of hydrogen-bond acceptors (Lipinski definition) is 4. The number of anilines is 1. The van der Waals surface area contributed by atoms with Gasteiger partial charge in [-0.25, -0.2) is 9.59 Å². The molecular weight excluding hydrogens is 272 g/mol. The topological polar surface area (TPSA) is 70.1 Å². The van der Waals surface area contributed by atoms with Crippen LogP contribution in [-0.4, -0.2) is 48.2 Å². The third-order valence-corrected chi connectivity index (χ3v) is 4.35. The van der Waals surface area contributed by atoms with Crippen molar-refractivity contribution in [3.8, 4) is 0 Å². The van der Waals surface area contributed by atoms with Crippen molar-refractivity contribution in [2.75, 3.05) is 25.0 Å². The van der Waals surface area contributed by atoms with E-state index in [0.717, 1.165) is 37.2 Å². The van der Waals surface area contributed by atoms with E-state index < -0.39 is 6.09 Å². The molecule has 1 amide bonds. The van der Waals surface area contributed by atoms with Crippen LogP contribution in [0.2, 0.25) is 0 Å². The van der Waals surface area contributed by atoms with Crippen LogP contribution in [0.25, 0.3) is 0 Å². The summed E-state index contributed by atoms with van der Waals surface area (Å²) >= 11 is 0. The third kappa shape index (κ3) is 2.53. The van der Waals surface area contributed by atoms with Gasteiger partial charge in [0.05, 0.1) is 5.56 Å². The molecule has 0 spiro atoms. The maximum absolute atomic E-state index is 11.4. The number of piperidine rings is 1. The minimum absolute atomic E-state index is 0.0816. The molecule has 1 aromatic carbocycles. The van der Waals surface area contributed by atoms with Gasteiger partial charge >= 0.3 is 12.1 Å². The highest BCUT2D eigenvalue weighted by atomic mass is 16.5. The van der Waals surface area contributed by atoms with Gasteiger partial charge in [0.1, 0.15) is 6.61 Å². The van der Waals surface area contributed by atoms with E-state index in [1.54, 1.807) is 7.05 Å². The SMILES string of the molecule is CN(C(=O)O)C1CCN(c2ccc3c(c2)COC3=O)CC1. The molecule has 0 aliphatic carbocycles. The average molecular weight is 290 g/mol. The van der Waals surface area contributed by atoms with Gasteiger partial charge in [-0.05, 0) is 31.0 Å². The van der Waals surface area contributed by atoms with Gasteiger partial charge in [0, 0.05) is 37.4 Å². The number of rotatable bonds is 2. The number of amides is 1. The lowest BCUT2D eigenvalue weighted by Crippen LogP contribution is -2.45. The summed E-state index contributed by atoms with van der Waals surface area (Å²) in [5, 5.41) is 9.01. The molecule has 2 heterocycles. The summed E-state index contributed by atoms with van der Waals surface area (Å²) in [4.78, 5) is 26.0. The smallest absolute Gasteiger partial charge is 0.407 e. The molecule has 6 nitrogen and oxygen atoms in total. The Morgan fingerprint density at radius 2 is 2.10 bits per heavy atom. The van der Waals surface area contributed by atoms with Crippen LogP contribution in [0.4, 0.5) is 10.5 Å². The number of benzene rings is 1. The van der Waals surface area contributed by atoms with Crippen molar-refractivity contribution in [3.63, 3.8) is 0 Å². The molecule has 2 aliphatic rings. The second-order valence-corrected chi connectivity index (χ2v) is 5.53. The Morgan fingerprint density at radius 3 is 2.76 bits per heavy atom. The van der Waals surface area contributed by atoms with Crippen LogP contribution in [0.5, 0.6) is 0 Å². The van der Waals surface area contributed by atoms with Crippen LogP contribution in [0.1, 0.15) is 28.8 Å². The van der Waals surface area contributed by atoms with E-state index in [1.165, 1.54) is 4.90 Å². The van der Waals surface area contributed by atoms with Gasteiger partial charge in [-0.3, -0.25) is 0 Å². The number of carbonyl (C=O) groups excluding carboxylic acids is 1. The number of cyclic esters (lactones) is 1. The number of fused-ring (bicyclic) bond motifs is 1. The van der Waals surface area contributed by atoms with E-state index in [2.05, 4.69) is 4.90 Å². The highest BCUT2D eigenvalue weighted by Gasteiger charge is 2.27. The number of nitrogens with zero attached hydrogens (tertiary/aromatic N) is 2. The minimum atomic E-state index is -0.873. The lowest BCUT2D eigenvalue weighted by molar-refractivity contribution is 0.0535. The standard InChI is InChI=1S/C15H18N2O4/c1-16(15(19)20)11-4-6-17(7-5-11)12-2-3-13-10(8-12)9-21-14(13)18/h2-3,8,11H,4-7,9H2,1H3,(H,19,20). The second kappa shape index (κ2) is 5.27. The van der Waals surface area contributed by atoms with E-state index in [0.29, 0.717) is 12.2 Å². The van der Waals surface area contributed by atoms with Crippen molar-refractivity contribution in [1.82, 2.24) is 4.90 Å². The van der Waals surface area contributed by atoms with Crippen molar-refractivity contribution in [2.24, 2.45) is 0 Å². The van der Waals surface area contributed by atoms with Crippen molar-refractivity contribution < 1.29 is 19.4 Å². The monoisotopic (exact) mass is 290 g/mol. The maximum Gasteiger partial charge on any atom is 0.407 e. The molecule has 3 rings (SSSR count). The van der Waals surface area contributed by atoms with E-state index in [1.807, 2.05) is 18.2 Å². The van der Waals surface area contributed by atoms with Gasteiger partial charge in [-0.15, -0.1) is 0 Å². The predicted octanol–water partition coefficient (Wildman–Crippen LogP) is 1.94. The Labute approximate surface area is 122 Å². The van der Waals surface area contributed by atoms with E-state index in [9.17, 15) is 9.59 Å². The molecule has 2 aliphatic heterocycles. The van der Waals surface area contributed by atoms with Gasteiger partial charge in [-0.1, -0.05) is 0 Å². The lowest BCUT2D eigenvalue weighted by atomic mass is 10.0. The number of esters is 1. The molecule has 1 N–H and O–H groups in total. The molecule has 6 heteroatoms. The Morgan fingerprint density at radius 1 is 1.38 bits per heavy atom. The zero-order chi connectivity index (χ0) is 15.0. The quantitative estimate of drug-likeness (QED) is 0.843. The zero-order valence-electron chi connectivity index (χ0n) is 11.9. The van der Waals surface area contributed by atoms with E-state index >= 15 is 0 Å². The normalized spacial score (nSPS) is 18.3. The lowest BCUT2D eigenvalue weighted by Gasteiger charge is -2.36. The summed E-state index contributed by atoms with van der Waals surface area (Å²) in [6, 6.07) is 5.84. The molecule has 0 unspecified atom stereocenters. The Kier molecular flexibility index (Phi) is 3.45. The van der Waals surface area contributed by atoms with Crippen LogP contribution in [0.3, 0.4) is 0 Å². The summed E-state index contributed by atoms with van der Waals surface area (Å²) in [5.41, 5.74) is 2.66. The number of carbonyl (C=O) groups is 2. The summed E-state index contributed by atoms with van der Waals surface area (Å²) in [6.07, 6.45) is 0.756. The highest BCUT2D eigenvalue weighted by Crippen LogP contribution is 2.28. The van der Waals surface area contributed by atoms with Crippen LogP contribution in [0.15, 0.2) is 18.2 Å². The molecule has 1 fully saturated rings. The van der Waals surface area contributed by atoms with Crippen molar-refractivity contribution in [2.45, 2.75) is 25.5 Å².